The molecule has 4 nitrogen and oxygen atoms in total. The normalized spacial score (nSPS) is 11.6. The predicted octanol–water partition coefficient (Wildman–Crippen LogP) is 5.56. The first-order valence-corrected chi connectivity index (χ1v) is 9.61. The molecule has 0 aliphatic heterocycles. The van der Waals surface area contributed by atoms with Gasteiger partial charge in [-0.2, -0.15) is 0 Å². The van der Waals surface area contributed by atoms with Crippen molar-refractivity contribution in [3.63, 3.8) is 0 Å². The van der Waals surface area contributed by atoms with Gasteiger partial charge in [-0.3, -0.25) is 0 Å². The van der Waals surface area contributed by atoms with Gasteiger partial charge in [-0.1, -0.05) is 42.8 Å². The lowest BCUT2D eigenvalue weighted by Crippen LogP contribution is -2.09. The zero-order valence-corrected chi connectivity index (χ0v) is 16.0. The van der Waals surface area contributed by atoms with Crippen LogP contribution in [-0.2, 0) is 13.0 Å². The molecule has 0 atom stereocenters. The average Bonchev–Trinajstić information content (AvgIpc) is 3.04. The largest absolute Gasteiger partial charge is 0.402 e. The van der Waals surface area contributed by atoms with Gasteiger partial charge in [0.25, 0.3) is 0 Å². The molecule has 0 aliphatic carbocycles. The van der Waals surface area contributed by atoms with E-state index in [4.69, 9.17) is 16.0 Å². The third-order valence-electron chi connectivity index (χ3n) is 5.25. The number of halogens is 1. The molecule has 28 heavy (non-hydrogen) atoms. The van der Waals surface area contributed by atoms with Crippen molar-refractivity contribution in [1.29, 1.82) is 0 Å². The Balaban J connectivity index is 1.95. The zero-order chi connectivity index (χ0) is 19.3. The number of hydrogen-bond acceptors (Lipinski definition) is 3. The second-order valence-corrected chi connectivity index (χ2v) is 7.26. The lowest BCUT2D eigenvalue weighted by atomic mass is 10.1. The molecule has 138 valence electrons. The van der Waals surface area contributed by atoms with Crippen LogP contribution in [0.15, 0.2) is 70.0 Å². The molecule has 2 aromatic carbocycles. The Labute approximate surface area is 166 Å². The smallest absolute Gasteiger partial charge is 0.362 e. The van der Waals surface area contributed by atoms with E-state index in [-0.39, 0.29) is 5.63 Å². The molecule has 5 aromatic rings. The Bertz CT molecular complexity index is 1420. The van der Waals surface area contributed by atoms with Crippen molar-refractivity contribution in [2.45, 2.75) is 19.9 Å². The number of rotatable bonds is 3. The summed E-state index contributed by atoms with van der Waals surface area (Å²) in [5.74, 6) is 0. The Hall–Kier alpha value is -3.11. The van der Waals surface area contributed by atoms with Crippen molar-refractivity contribution < 1.29 is 4.42 Å². The van der Waals surface area contributed by atoms with Crippen molar-refractivity contribution in [3.05, 3.63) is 87.4 Å². The fraction of sp³-hybridized carbons (Fsp3) is 0.130. The molecule has 5 rings (SSSR count). The van der Waals surface area contributed by atoms with Crippen LogP contribution in [0.2, 0.25) is 5.02 Å². The second kappa shape index (κ2) is 6.50. The molecule has 0 fully saturated rings. The molecule has 0 saturated heterocycles. The minimum Gasteiger partial charge on any atom is -0.402 e. The van der Waals surface area contributed by atoms with Gasteiger partial charge in [0.05, 0.1) is 0 Å². The van der Waals surface area contributed by atoms with E-state index in [2.05, 4.69) is 30.1 Å². The Morgan fingerprint density at radius 1 is 1.07 bits per heavy atom. The fourth-order valence-corrected chi connectivity index (χ4v) is 4.06. The van der Waals surface area contributed by atoms with Crippen molar-refractivity contribution >= 4 is 44.5 Å². The number of benzene rings is 2. The van der Waals surface area contributed by atoms with Crippen LogP contribution in [0.3, 0.4) is 0 Å². The summed E-state index contributed by atoms with van der Waals surface area (Å²) in [5.41, 5.74) is 3.67. The van der Waals surface area contributed by atoms with Gasteiger partial charge in [-0.25, -0.2) is 9.78 Å². The topological polar surface area (TPSA) is 48.0 Å². The first kappa shape index (κ1) is 17.0. The van der Waals surface area contributed by atoms with Gasteiger partial charge in [-0.15, -0.1) is 0 Å². The average molecular weight is 389 g/mol. The van der Waals surface area contributed by atoms with E-state index in [1.165, 1.54) is 5.56 Å². The minimum absolute atomic E-state index is 0.360. The van der Waals surface area contributed by atoms with Gasteiger partial charge in [-0.05, 0) is 47.9 Å². The van der Waals surface area contributed by atoms with Crippen LogP contribution in [0.5, 0.6) is 0 Å². The molecule has 0 N–H and O–H groups in total. The molecular weight excluding hydrogens is 372 g/mol. The zero-order valence-electron chi connectivity index (χ0n) is 15.3. The van der Waals surface area contributed by atoms with Gasteiger partial charge in [0.1, 0.15) is 5.52 Å². The second-order valence-electron chi connectivity index (χ2n) is 6.85. The number of aryl methyl sites for hydroxylation is 1. The lowest BCUT2D eigenvalue weighted by Gasteiger charge is -2.09. The Morgan fingerprint density at radius 2 is 1.93 bits per heavy atom. The van der Waals surface area contributed by atoms with Crippen LogP contribution in [0.4, 0.5) is 0 Å². The van der Waals surface area contributed by atoms with Crippen LogP contribution in [-0.4, -0.2) is 9.55 Å². The van der Waals surface area contributed by atoms with Crippen LogP contribution >= 0.6 is 11.6 Å². The molecule has 5 heteroatoms. The van der Waals surface area contributed by atoms with Crippen LogP contribution in [0.1, 0.15) is 18.1 Å². The third kappa shape index (κ3) is 2.53. The molecule has 3 aromatic heterocycles. The highest BCUT2D eigenvalue weighted by Crippen LogP contribution is 2.34. The van der Waals surface area contributed by atoms with E-state index in [0.717, 1.165) is 33.7 Å². The summed E-state index contributed by atoms with van der Waals surface area (Å²) in [6.07, 6.45) is 2.56. The molecule has 0 saturated carbocycles. The molecule has 3 heterocycles. The third-order valence-corrected chi connectivity index (χ3v) is 5.61. The molecule has 0 bridgehead atoms. The highest BCUT2D eigenvalue weighted by molar-refractivity contribution is 6.31. The summed E-state index contributed by atoms with van der Waals surface area (Å²) < 4.78 is 7.55. The van der Waals surface area contributed by atoms with Gasteiger partial charge in [0.2, 0.25) is 5.71 Å². The highest BCUT2D eigenvalue weighted by Gasteiger charge is 2.19. The standard InChI is InChI=1S/C23H17ClN2O2/c1-2-14-9-10-19-17(12-14)20-16-7-5-11-25-22(16)28-23(27)21(20)26(19)13-15-6-3-4-8-18(15)24/h3-12H,2,13H2,1H3. The number of aromatic nitrogens is 2. The van der Waals surface area contributed by atoms with Gasteiger partial charge < -0.3 is 8.98 Å². The van der Waals surface area contributed by atoms with E-state index in [1.807, 2.05) is 41.0 Å². The van der Waals surface area contributed by atoms with Crippen molar-refractivity contribution in [2.24, 2.45) is 0 Å². The van der Waals surface area contributed by atoms with E-state index in [0.29, 0.717) is 22.8 Å². The summed E-state index contributed by atoms with van der Waals surface area (Å²) in [6, 6.07) is 17.8. The fourth-order valence-electron chi connectivity index (χ4n) is 3.87. The van der Waals surface area contributed by atoms with E-state index in [1.54, 1.807) is 6.20 Å². The lowest BCUT2D eigenvalue weighted by molar-refractivity contribution is 0.553. The van der Waals surface area contributed by atoms with Gasteiger partial charge in [0, 0.05) is 39.4 Å². The van der Waals surface area contributed by atoms with E-state index in [9.17, 15) is 4.79 Å². The summed E-state index contributed by atoms with van der Waals surface area (Å²) >= 11 is 6.40. The number of nitrogens with zero attached hydrogens (tertiary/aromatic N) is 2. The highest BCUT2D eigenvalue weighted by atomic mass is 35.5. The summed E-state index contributed by atoms with van der Waals surface area (Å²) in [5, 5.41) is 3.44. The molecule has 0 unspecified atom stereocenters. The number of hydrogen-bond donors (Lipinski definition) is 0. The van der Waals surface area contributed by atoms with E-state index >= 15 is 0 Å². The van der Waals surface area contributed by atoms with Crippen LogP contribution < -0.4 is 5.63 Å². The minimum atomic E-state index is -0.387. The predicted molar refractivity (Wildman–Crippen MR) is 113 cm³/mol. The number of fused-ring (bicyclic) bond motifs is 5. The molecule has 0 aliphatic rings. The SMILES string of the molecule is CCc1ccc2c(c1)c1c3cccnc3oc(=O)c1n2Cc1ccccc1Cl. The summed E-state index contributed by atoms with van der Waals surface area (Å²) in [4.78, 5) is 17.2. The van der Waals surface area contributed by atoms with Gasteiger partial charge in [0.15, 0.2) is 0 Å². The molecular formula is C23H17ClN2O2. The van der Waals surface area contributed by atoms with Crippen molar-refractivity contribution in [2.75, 3.05) is 0 Å². The first-order chi connectivity index (χ1) is 13.7. The summed E-state index contributed by atoms with van der Waals surface area (Å²) in [7, 11) is 0. The van der Waals surface area contributed by atoms with Crippen LogP contribution in [0, 0.1) is 0 Å². The molecule has 0 spiro atoms. The quantitative estimate of drug-likeness (QED) is 0.406. The van der Waals surface area contributed by atoms with Crippen molar-refractivity contribution in [3.8, 4) is 0 Å². The maximum Gasteiger partial charge on any atom is 0.362 e. The summed E-state index contributed by atoms with van der Waals surface area (Å²) in [6.45, 7) is 2.61. The maximum absolute atomic E-state index is 13.0. The number of pyridine rings is 1. The molecule has 0 amide bonds. The Morgan fingerprint density at radius 3 is 2.75 bits per heavy atom. The van der Waals surface area contributed by atoms with Gasteiger partial charge >= 0.3 is 5.63 Å². The molecule has 0 radical (unpaired) electrons. The van der Waals surface area contributed by atoms with Crippen LogP contribution in [0.25, 0.3) is 32.9 Å². The van der Waals surface area contributed by atoms with Crippen molar-refractivity contribution in [1.82, 2.24) is 9.55 Å². The van der Waals surface area contributed by atoms with E-state index < -0.39 is 0 Å². The maximum atomic E-state index is 13.0. The monoisotopic (exact) mass is 388 g/mol. The Kier molecular flexibility index (Phi) is 3.95. The first-order valence-electron chi connectivity index (χ1n) is 9.23.